The van der Waals surface area contributed by atoms with Gasteiger partial charge in [-0.05, 0) is 75.0 Å². The second-order valence-electron chi connectivity index (χ2n) is 21.3. The molecular weight excluding hydrogens is 930 g/mol. The lowest BCUT2D eigenvalue weighted by atomic mass is 9.49. The molecule has 1 amide bonds. The smallest absolute Gasteiger partial charge is 0.289 e. The van der Waals surface area contributed by atoms with Crippen LogP contribution in [0.4, 0.5) is 17.3 Å². The van der Waals surface area contributed by atoms with Crippen molar-refractivity contribution in [3.8, 4) is 17.7 Å². The van der Waals surface area contributed by atoms with E-state index in [1.54, 1.807) is 30.6 Å². The summed E-state index contributed by atoms with van der Waals surface area (Å²) < 4.78 is 14.4. The molecule has 0 spiro atoms. The van der Waals surface area contributed by atoms with E-state index in [1.165, 1.54) is 6.42 Å². The maximum Gasteiger partial charge on any atom is 0.289 e. The number of pyridine rings is 1. The van der Waals surface area contributed by atoms with E-state index in [4.69, 9.17) is 26.1 Å². The number of hydrogen-bond donors (Lipinski definition) is 3. The first-order valence-electron chi connectivity index (χ1n) is 26.1. The number of halogens is 1. The number of nitriles is 1. The van der Waals surface area contributed by atoms with E-state index in [2.05, 4.69) is 103 Å². The molecule has 17 nitrogen and oxygen atoms in total. The first-order chi connectivity index (χ1) is 34.8. The van der Waals surface area contributed by atoms with Crippen molar-refractivity contribution < 1.29 is 19.4 Å². The number of benzene rings is 1. The number of aryl methyl sites for hydroxylation is 1. The largest absolute Gasteiger partial charge is 0.489 e. The van der Waals surface area contributed by atoms with Crippen molar-refractivity contribution in [2.24, 2.45) is 16.7 Å². The minimum atomic E-state index is -0.384. The van der Waals surface area contributed by atoms with Gasteiger partial charge in [0.1, 0.15) is 29.6 Å². The van der Waals surface area contributed by atoms with Crippen LogP contribution in [0.2, 0.25) is 5.02 Å². The number of hydrogen-bond acceptors (Lipinski definition) is 15. The molecule has 1 unspecified atom stereocenters. The number of nitrogens with one attached hydrogen (secondary N) is 2. The summed E-state index contributed by atoms with van der Waals surface area (Å²) in [4.78, 5) is 42.0. The number of nitrogens with zero attached hydrogens (tertiary/aromatic N) is 11. The maximum absolute atomic E-state index is 13.4. The van der Waals surface area contributed by atoms with Gasteiger partial charge in [0, 0.05) is 125 Å². The number of ether oxygens (including phenoxy) is 2. The highest BCUT2D eigenvalue weighted by Gasteiger charge is 2.64. The van der Waals surface area contributed by atoms with Gasteiger partial charge in [-0.15, -0.1) is 0 Å². The van der Waals surface area contributed by atoms with Crippen molar-refractivity contribution in [2.75, 3.05) is 87.2 Å². The molecule has 1 atom stereocenters. The van der Waals surface area contributed by atoms with Gasteiger partial charge >= 0.3 is 0 Å². The van der Waals surface area contributed by atoms with Crippen LogP contribution in [0.15, 0.2) is 61.2 Å². The van der Waals surface area contributed by atoms with Gasteiger partial charge in [0.05, 0.1) is 41.5 Å². The molecule has 3 N–H and O–H groups in total. The highest BCUT2D eigenvalue weighted by Crippen LogP contribution is 2.55. The Labute approximate surface area is 429 Å². The molecule has 384 valence electrons. The summed E-state index contributed by atoms with van der Waals surface area (Å²) >= 11 is 6.27. The Morgan fingerprint density at radius 1 is 0.917 bits per heavy atom. The van der Waals surface area contributed by atoms with E-state index < -0.39 is 0 Å². The average molecular weight is 1000 g/mol. The van der Waals surface area contributed by atoms with Crippen LogP contribution in [0.25, 0.3) is 5.65 Å². The Morgan fingerprint density at radius 3 is 2.38 bits per heavy atom. The lowest BCUT2D eigenvalue weighted by molar-refractivity contribution is -0.164. The summed E-state index contributed by atoms with van der Waals surface area (Å²) in [6, 6.07) is 13.4. The first kappa shape index (κ1) is 51.1. The lowest BCUT2D eigenvalue weighted by Gasteiger charge is -2.63. The summed E-state index contributed by atoms with van der Waals surface area (Å²) in [5.41, 5.74) is 3.62. The number of aliphatic hydroxyl groups excluding tert-OH is 1. The Bertz CT molecular complexity index is 2640. The van der Waals surface area contributed by atoms with Crippen molar-refractivity contribution in [1.29, 1.82) is 5.26 Å². The molecule has 3 aliphatic heterocycles. The molecule has 5 aromatic rings. The molecular formula is C54H72ClN13O4. The monoisotopic (exact) mass is 1000 g/mol. The summed E-state index contributed by atoms with van der Waals surface area (Å²) in [5.74, 6) is 3.57. The third-order valence-electron chi connectivity index (χ3n) is 15.7. The van der Waals surface area contributed by atoms with Gasteiger partial charge in [-0.3, -0.25) is 4.79 Å². The van der Waals surface area contributed by atoms with E-state index in [9.17, 15) is 15.2 Å². The molecule has 1 aromatic carbocycles. The van der Waals surface area contributed by atoms with Gasteiger partial charge in [0.25, 0.3) is 5.91 Å². The zero-order valence-electron chi connectivity index (χ0n) is 42.7. The highest BCUT2D eigenvalue weighted by atomic mass is 35.5. The number of piperidine rings is 2. The van der Waals surface area contributed by atoms with Gasteiger partial charge in [-0.2, -0.15) is 14.9 Å². The molecule has 0 bridgehead atoms. The minimum Gasteiger partial charge on any atom is -0.489 e. The quantitative estimate of drug-likeness (QED) is 0.0701. The average Bonchev–Trinajstić information content (AvgIpc) is 3.82. The number of carbonyl (C=O) groups excluding carboxylic acids is 1. The number of rotatable bonds is 19. The number of amides is 1. The third kappa shape index (κ3) is 11.4. The van der Waals surface area contributed by atoms with Crippen LogP contribution >= 0.6 is 11.6 Å². The fourth-order valence-electron chi connectivity index (χ4n) is 11.9. The van der Waals surface area contributed by atoms with E-state index in [0.717, 1.165) is 138 Å². The molecule has 9 rings (SSSR count). The van der Waals surface area contributed by atoms with Crippen molar-refractivity contribution in [1.82, 2.24) is 44.7 Å². The molecule has 1 aliphatic carbocycles. The van der Waals surface area contributed by atoms with Gasteiger partial charge < -0.3 is 44.8 Å². The van der Waals surface area contributed by atoms with E-state index >= 15 is 0 Å². The molecule has 1 saturated carbocycles. The zero-order valence-corrected chi connectivity index (χ0v) is 43.5. The second kappa shape index (κ2) is 22.5. The Morgan fingerprint density at radius 2 is 1.68 bits per heavy atom. The van der Waals surface area contributed by atoms with Crippen molar-refractivity contribution in [2.45, 2.75) is 111 Å². The summed E-state index contributed by atoms with van der Waals surface area (Å²) in [6.07, 6.45) is 15.3. The van der Waals surface area contributed by atoms with E-state index in [1.807, 2.05) is 23.0 Å². The molecule has 72 heavy (non-hydrogen) atoms. The molecule has 7 heterocycles. The van der Waals surface area contributed by atoms with Gasteiger partial charge in [-0.1, -0.05) is 52.3 Å². The van der Waals surface area contributed by atoms with Crippen LogP contribution in [0, 0.1) is 28.1 Å². The van der Waals surface area contributed by atoms with Crippen LogP contribution in [-0.4, -0.2) is 141 Å². The van der Waals surface area contributed by atoms with Crippen molar-refractivity contribution in [3.05, 3.63) is 88.7 Å². The summed E-state index contributed by atoms with van der Waals surface area (Å²) in [6.45, 7) is 21.1. The second-order valence-corrected chi connectivity index (χ2v) is 21.7. The third-order valence-corrected chi connectivity index (χ3v) is 16.0. The Kier molecular flexibility index (Phi) is 16.0. The maximum atomic E-state index is 13.4. The molecule has 0 radical (unpaired) electrons. The fraction of sp³-hybridized carbons (Fsp3) is 0.574. The van der Waals surface area contributed by atoms with Crippen molar-refractivity contribution in [3.63, 3.8) is 0 Å². The number of aromatic nitrogens is 6. The lowest BCUT2D eigenvalue weighted by Crippen LogP contribution is -2.74. The number of anilines is 3. The van der Waals surface area contributed by atoms with Crippen LogP contribution in [0.3, 0.4) is 0 Å². The summed E-state index contributed by atoms with van der Waals surface area (Å²) in [7, 11) is 0. The number of fused-ring (bicyclic) bond motifs is 1. The van der Waals surface area contributed by atoms with E-state index in [-0.39, 0.29) is 47.4 Å². The summed E-state index contributed by atoms with van der Waals surface area (Å²) in [5, 5.41) is 30.8. The fourth-order valence-corrected chi connectivity index (χ4v) is 12.1. The first-order valence-corrected chi connectivity index (χ1v) is 26.5. The Hall–Kier alpha value is -5.80. The number of aliphatic hydroxyl groups is 1. The molecule has 18 heteroatoms. The molecule has 4 aromatic heterocycles. The highest BCUT2D eigenvalue weighted by molar-refractivity contribution is 6.31. The molecule has 4 fully saturated rings. The predicted octanol–water partition coefficient (Wildman–Crippen LogP) is 7.27. The van der Waals surface area contributed by atoms with Gasteiger partial charge in [0.15, 0.2) is 5.65 Å². The van der Waals surface area contributed by atoms with E-state index in [0.29, 0.717) is 41.3 Å². The van der Waals surface area contributed by atoms with Crippen LogP contribution in [0.5, 0.6) is 11.6 Å². The van der Waals surface area contributed by atoms with Gasteiger partial charge in [-0.25, -0.2) is 19.9 Å². The predicted molar refractivity (Wildman–Crippen MR) is 280 cm³/mol. The van der Waals surface area contributed by atoms with Crippen molar-refractivity contribution >= 4 is 40.5 Å². The van der Waals surface area contributed by atoms with Crippen LogP contribution in [-0.2, 0) is 13.0 Å². The zero-order chi connectivity index (χ0) is 50.4. The SMILES string of the molecule is CCc1cnn2c(NCc3ccc(OCCCN4CCN(CC5CCN(c6cnc(C(=O)NC7C(C)(C)C(Oc8ccc(C#N)c(Cl)c8)C7(C)C)nc6)CC5)CC4)nc3)cc(N3CCCCC3CCO)nc12. The number of piperazine rings is 1. The van der Waals surface area contributed by atoms with Crippen LogP contribution < -0.4 is 29.9 Å². The minimum absolute atomic E-state index is 0.156. The Balaban J connectivity index is 0.658. The van der Waals surface area contributed by atoms with Crippen LogP contribution in [0.1, 0.15) is 107 Å². The standard InChI is InChI=1S/C54H72ClN13O4/c1-6-39-33-61-68-45(29-46(62-49(39)68)67-19-8-7-10-41(67)17-26-69)57-31-38-11-14-47(58-32-38)71-27-9-18-64-22-24-65(25-23-64)36-37-15-20-66(21-16-37)42-34-59-48(60-35-42)50(70)63-51-53(2,3)52(54(51,4)5)72-43-13-12-40(30-56)44(55)28-43/h11-14,28-29,32-35,37,41,51-52,57,69H,6-10,15-27,31,36H2,1-5H3,(H,63,70). The van der Waals surface area contributed by atoms with Gasteiger partial charge in [0.2, 0.25) is 11.7 Å². The number of carbonyl (C=O) groups is 1. The molecule has 4 aliphatic rings. The normalized spacial score (nSPS) is 21.5. The topological polar surface area (TPSA) is 185 Å². The molecule has 3 saturated heterocycles.